The van der Waals surface area contributed by atoms with E-state index in [1.807, 2.05) is 54.3 Å². The number of amides is 1. The van der Waals surface area contributed by atoms with Crippen LogP contribution in [0.4, 0.5) is 5.69 Å². The fraction of sp³-hybridized carbons (Fsp3) is 0.450. The summed E-state index contributed by atoms with van der Waals surface area (Å²) in [5, 5.41) is 0. The molecule has 2 fully saturated rings. The molecular formula is C20H24N2O3. The van der Waals surface area contributed by atoms with Crippen molar-refractivity contribution >= 4 is 11.6 Å². The molecule has 0 radical (unpaired) electrons. The number of benzene rings is 1. The molecule has 2 aliphatic rings. The maximum absolute atomic E-state index is 12.3. The SMILES string of the molecule is Cc1ccc(CN2CCC3(CC2)CN(c2ccccc2)C(=O)CO3)o1. The van der Waals surface area contributed by atoms with Crippen LogP contribution in [0.1, 0.15) is 24.4 Å². The first kappa shape index (κ1) is 16.4. The summed E-state index contributed by atoms with van der Waals surface area (Å²) in [6, 6.07) is 14.0. The predicted octanol–water partition coefficient (Wildman–Crippen LogP) is 2.99. The molecule has 3 heterocycles. The molecule has 1 aromatic heterocycles. The lowest BCUT2D eigenvalue weighted by Crippen LogP contribution is -2.58. The summed E-state index contributed by atoms with van der Waals surface area (Å²) < 4.78 is 11.7. The first-order valence-electron chi connectivity index (χ1n) is 8.91. The third kappa shape index (κ3) is 3.48. The average molecular weight is 340 g/mol. The van der Waals surface area contributed by atoms with E-state index in [4.69, 9.17) is 9.15 Å². The Hall–Kier alpha value is -2.11. The van der Waals surface area contributed by atoms with Crippen molar-refractivity contribution in [1.29, 1.82) is 0 Å². The Kier molecular flexibility index (Phi) is 4.36. The van der Waals surface area contributed by atoms with E-state index in [1.54, 1.807) is 0 Å². The van der Waals surface area contributed by atoms with Gasteiger partial charge in [-0.15, -0.1) is 0 Å². The molecule has 0 bridgehead atoms. The van der Waals surface area contributed by atoms with Crippen molar-refractivity contribution in [3.63, 3.8) is 0 Å². The van der Waals surface area contributed by atoms with Crippen LogP contribution < -0.4 is 4.90 Å². The molecule has 0 N–H and O–H groups in total. The number of rotatable bonds is 3. The molecule has 2 aliphatic heterocycles. The Morgan fingerprint density at radius 1 is 1.08 bits per heavy atom. The van der Waals surface area contributed by atoms with Crippen LogP contribution in [-0.4, -0.2) is 42.6 Å². The number of furan rings is 1. The zero-order valence-electron chi connectivity index (χ0n) is 14.6. The van der Waals surface area contributed by atoms with E-state index in [9.17, 15) is 4.79 Å². The number of hydrogen-bond donors (Lipinski definition) is 0. The van der Waals surface area contributed by atoms with Gasteiger partial charge in [-0.25, -0.2) is 0 Å². The summed E-state index contributed by atoms with van der Waals surface area (Å²) >= 11 is 0. The minimum Gasteiger partial charge on any atom is -0.465 e. The number of piperidine rings is 1. The fourth-order valence-electron chi connectivity index (χ4n) is 3.77. The van der Waals surface area contributed by atoms with Crippen molar-refractivity contribution in [1.82, 2.24) is 4.90 Å². The van der Waals surface area contributed by atoms with Crippen molar-refractivity contribution < 1.29 is 13.9 Å². The molecule has 25 heavy (non-hydrogen) atoms. The van der Waals surface area contributed by atoms with Gasteiger partial charge in [-0.1, -0.05) is 18.2 Å². The highest BCUT2D eigenvalue weighted by molar-refractivity contribution is 5.95. The quantitative estimate of drug-likeness (QED) is 0.862. The minimum atomic E-state index is -0.223. The minimum absolute atomic E-state index is 0.0466. The van der Waals surface area contributed by atoms with Crippen molar-refractivity contribution in [2.75, 3.05) is 31.1 Å². The zero-order chi connectivity index (χ0) is 17.3. The number of hydrogen-bond acceptors (Lipinski definition) is 4. The number of carbonyl (C=O) groups excluding carboxylic acids is 1. The number of aryl methyl sites for hydroxylation is 1. The molecule has 0 aliphatic carbocycles. The lowest BCUT2D eigenvalue weighted by molar-refractivity contribution is -0.145. The second kappa shape index (κ2) is 6.65. The summed E-state index contributed by atoms with van der Waals surface area (Å²) in [5.41, 5.74) is 0.739. The molecule has 5 heteroatoms. The summed E-state index contributed by atoms with van der Waals surface area (Å²) in [6.07, 6.45) is 1.87. The van der Waals surface area contributed by atoms with Gasteiger partial charge in [0.15, 0.2) is 0 Å². The summed E-state index contributed by atoms with van der Waals surface area (Å²) in [4.78, 5) is 16.6. The molecule has 132 valence electrons. The van der Waals surface area contributed by atoms with Gasteiger partial charge < -0.3 is 14.1 Å². The van der Waals surface area contributed by atoms with Crippen LogP contribution in [0.5, 0.6) is 0 Å². The van der Waals surface area contributed by atoms with Crippen molar-refractivity contribution in [2.24, 2.45) is 0 Å². The summed E-state index contributed by atoms with van der Waals surface area (Å²) in [6.45, 7) is 5.54. The van der Waals surface area contributed by atoms with E-state index in [1.165, 1.54) is 0 Å². The Labute approximate surface area is 148 Å². The summed E-state index contributed by atoms with van der Waals surface area (Å²) in [7, 11) is 0. The Bertz CT molecular complexity index is 732. The molecule has 2 aromatic rings. The zero-order valence-corrected chi connectivity index (χ0v) is 14.6. The van der Waals surface area contributed by atoms with E-state index in [-0.39, 0.29) is 18.1 Å². The molecular weight excluding hydrogens is 316 g/mol. The monoisotopic (exact) mass is 340 g/mol. The van der Waals surface area contributed by atoms with Crippen molar-refractivity contribution in [3.8, 4) is 0 Å². The van der Waals surface area contributed by atoms with Crippen LogP contribution in [-0.2, 0) is 16.1 Å². The van der Waals surface area contributed by atoms with Gasteiger partial charge in [0.2, 0.25) is 0 Å². The van der Waals surface area contributed by atoms with Gasteiger partial charge in [-0.2, -0.15) is 0 Å². The van der Waals surface area contributed by atoms with Gasteiger partial charge >= 0.3 is 0 Å². The Morgan fingerprint density at radius 2 is 1.84 bits per heavy atom. The first-order chi connectivity index (χ1) is 12.1. The third-order valence-corrected chi connectivity index (χ3v) is 5.26. The van der Waals surface area contributed by atoms with Gasteiger partial charge in [0.1, 0.15) is 18.1 Å². The molecule has 1 amide bonds. The normalized spacial score (nSPS) is 21.0. The first-order valence-corrected chi connectivity index (χ1v) is 8.91. The van der Waals surface area contributed by atoms with E-state index in [0.717, 1.165) is 49.7 Å². The predicted molar refractivity (Wildman–Crippen MR) is 95.4 cm³/mol. The Morgan fingerprint density at radius 3 is 2.52 bits per heavy atom. The van der Waals surface area contributed by atoms with Crippen molar-refractivity contribution in [2.45, 2.75) is 31.9 Å². The number of ether oxygens (including phenoxy) is 1. The topological polar surface area (TPSA) is 45.9 Å². The highest BCUT2D eigenvalue weighted by atomic mass is 16.5. The number of likely N-dealkylation sites (tertiary alicyclic amines) is 1. The second-order valence-corrected chi connectivity index (χ2v) is 7.08. The highest BCUT2D eigenvalue weighted by Crippen LogP contribution is 2.33. The van der Waals surface area contributed by atoms with Gasteiger partial charge in [0.25, 0.3) is 5.91 Å². The van der Waals surface area contributed by atoms with Crippen LogP contribution in [0.15, 0.2) is 46.9 Å². The van der Waals surface area contributed by atoms with Gasteiger partial charge in [0.05, 0.1) is 18.7 Å². The van der Waals surface area contributed by atoms with Gasteiger partial charge in [-0.3, -0.25) is 9.69 Å². The maximum atomic E-state index is 12.3. The number of carbonyl (C=O) groups is 1. The Balaban J connectivity index is 1.41. The van der Waals surface area contributed by atoms with Crippen LogP contribution >= 0.6 is 0 Å². The smallest absolute Gasteiger partial charge is 0.253 e. The van der Waals surface area contributed by atoms with Crippen LogP contribution in [0.3, 0.4) is 0 Å². The molecule has 1 spiro atoms. The molecule has 1 aromatic carbocycles. The van der Waals surface area contributed by atoms with E-state index in [0.29, 0.717) is 6.54 Å². The van der Waals surface area contributed by atoms with Crippen molar-refractivity contribution in [3.05, 3.63) is 54.0 Å². The van der Waals surface area contributed by atoms with E-state index < -0.39 is 0 Å². The van der Waals surface area contributed by atoms with Crippen LogP contribution in [0.25, 0.3) is 0 Å². The standard InChI is InChI=1S/C20H24N2O3/c1-16-7-8-18(25-16)13-21-11-9-20(10-12-21)15-22(19(23)14-24-20)17-5-3-2-4-6-17/h2-8H,9-15H2,1H3. The average Bonchev–Trinajstić information content (AvgIpc) is 3.05. The molecule has 2 saturated heterocycles. The van der Waals surface area contributed by atoms with E-state index >= 15 is 0 Å². The van der Waals surface area contributed by atoms with Gasteiger partial charge in [-0.05, 0) is 44.0 Å². The molecule has 0 saturated carbocycles. The number of morpholine rings is 1. The number of anilines is 1. The number of nitrogens with zero attached hydrogens (tertiary/aromatic N) is 2. The molecule has 5 nitrogen and oxygen atoms in total. The lowest BCUT2D eigenvalue weighted by Gasteiger charge is -2.46. The largest absolute Gasteiger partial charge is 0.465 e. The lowest BCUT2D eigenvalue weighted by atomic mass is 9.89. The highest BCUT2D eigenvalue weighted by Gasteiger charge is 2.42. The third-order valence-electron chi connectivity index (χ3n) is 5.26. The maximum Gasteiger partial charge on any atom is 0.253 e. The second-order valence-electron chi connectivity index (χ2n) is 7.08. The summed E-state index contributed by atoms with van der Waals surface area (Å²) in [5.74, 6) is 2.01. The number of para-hydroxylation sites is 1. The molecule has 4 rings (SSSR count). The van der Waals surface area contributed by atoms with Crippen LogP contribution in [0.2, 0.25) is 0 Å². The van der Waals surface area contributed by atoms with Gasteiger partial charge in [0, 0.05) is 18.8 Å². The molecule has 0 unspecified atom stereocenters. The molecule has 0 atom stereocenters. The van der Waals surface area contributed by atoms with E-state index in [2.05, 4.69) is 4.90 Å². The van der Waals surface area contributed by atoms with Crippen LogP contribution in [0, 0.1) is 6.92 Å². The fourth-order valence-corrected chi connectivity index (χ4v) is 3.77.